The van der Waals surface area contributed by atoms with E-state index in [9.17, 15) is 0 Å². The van der Waals surface area contributed by atoms with Crippen molar-refractivity contribution in [2.45, 2.75) is 38.5 Å². The topological polar surface area (TPSA) is 47.7 Å². The van der Waals surface area contributed by atoms with Gasteiger partial charge < -0.3 is 10.6 Å². The van der Waals surface area contributed by atoms with Crippen LogP contribution in [0.25, 0.3) is 0 Å². The van der Waals surface area contributed by atoms with Crippen molar-refractivity contribution in [1.29, 1.82) is 0 Å². The van der Waals surface area contributed by atoms with Crippen molar-refractivity contribution in [3.05, 3.63) is 12.5 Å². The Morgan fingerprint density at radius 1 is 1.07 bits per heavy atom. The van der Waals surface area contributed by atoms with Crippen molar-refractivity contribution < 1.29 is 9.68 Å². The largest absolute Gasteiger partial charge is 0.402 e. The van der Waals surface area contributed by atoms with Crippen LogP contribution < -0.4 is 5.73 Å². The van der Waals surface area contributed by atoms with Crippen LogP contribution in [0, 0.1) is 0 Å². The first-order valence-electron chi connectivity index (χ1n) is 5.12. The van der Waals surface area contributed by atoms with E-state index in [-0.39, 0.29) is 0 Å². The van der Waals surface area contributed by atoms with E-state index in [4.69, 9.17) is 5.73 Å². The van der Waals surface area contributed by atoms with Crippen LogP contribution >= 0.6 is 0 Å². The summed E-state index contributed by atoms with van der Waals surface area (Å²) >= 11 is 0. The Kier molecular flexibility index (Phi) is 9.79. The number of nitrogens with two attached hydrogens (primary N) is 1. The fourth-order valence-electron chi connectivity index (χ4n) is 1.22. The third-order valence-electron chi connectivity index (χ3n) is 2.04. The summed E-state index contributed by atoms with van der Waals surface area (Å²) in [5.41, 5.74) is 4.94. The molecule has 0 atom stereocenters. The number of hydrogen-bond acceptors (Lipinski definition) is 4. The van der Waals surface area contributed by atoms with E-state index in [1.54, 1.807) is 7.05 Å². The molecule has 0 spiro atoms. The fraction of sp³-hybridized carbons (Fsp3) is 0.800. The molecule has 4 heteroatoms. The van der Waals surface area contributed by atoms with Gasteiger partial charge in [0.15, 0.2) is 0 Å². The van der Waals surface area contributed by atoms with Gasteiger partial charge in [0, 0.05) is 6.20 Å². The SMILES string of the molecule is C1CCCCC1.CON(C)OC=CN. The monoisotopic (exact) mass is 202 g/mol. The number of nitrogens with zero attached hydrogens (tertiary/aromatic N) is 1. The van der Waals surface area contributed by atoms with Crippen LogP contribution in [-0.4, -0.2) is 19.4 Å². The highest BCUT2D eigenvalue weighted by Crippen LogP contribution is 2.15. The number of hydrogen-bond donors (Lipinski definition) is 1. The van der Waals surface area contributed by atoms with Gasteiger partial charge in [-0.3, -0.25) is 4.84 Å². The zero-order chi connectivity index (χ0) is 10.6. The summed E-state index contributed by atoms with van der Waals surface area (Å²) in [5.74, 6) is 0. The van der Waals surface area contributed by atoms with Gasteiger partial charge in [-0.15, -0.1) is 0 Å². The van der Waals surface area contributed by atoms with Crippen molar-refractivity contribution in [3.8, 4) is 0 Å². The molecule has 0 radical (unpaired) electrons. The van der Waals surface area contributed by atoms with E-state index >= 15 is 0 Å². The molecule has 1 aliphatic rings. The Hall–Kier alpha value is -0.740. The second kappa shape index (κ2) is 10.3. The van der Waals surface area contributed by atoms with Crippen LogP contribution in [0.15, 0.2) is 12.5 Å². The lowest BCUT2D eigenvalue weighted by Crippen LogP contribution is -2.13. The first-order valence-corrected chi connectivity index (χ1v) is 5.12. The molecule has 0 heterocycles. The van der Waals surface area contributed by atoms with Crippen molar-refractivity contribution in [1.82, 2.24) is 5.23 Å². The Morgan fingerprint density at radius 2 is 1.50 bits per heavy atom. The minimum Gasteiger partial charge on any atom is -0.402 e. The molecule has 4 nitrogen and oxygen atoms in total. The predicted molar refractivity (Wildman–Crippen MR) is 56.9 cm³/mol. The maximum Gasteiger partial charge on any atom is 0.130 e. The maximum absolute atomic E-state index is 4.94. The molecule has 1 aliphatic carbocycles. The zero-order valence-electron chi connectivity index (χ0n) is 9.24. The quantitative estimate of drug-likeness (QED) is 0.563. The molecule has 0 saturated heterocycles. The predicted octanol–water partition coefficient (Wildman–Crippen LogP) is 2.18. The van der Waals surface area contributed by atoms with Gasteiger partial charge in [0.1, 0.15) is 6.26 Å². The van der Waals surface area contributed by atoms with Gasteiger partial charge in [-0.2, -0.15) is 0 Å². The number of rotatable bonds is 3. The van der Waals surface area contributed by atoms with E-state index in [1.165, 1.54) is 63.3 Å². The van der Waals surface area contributed by atoms with Crippen LogP contribution in [0.4, 0.5) is 0 Å². The fourth-order valence-corrected chi connectivity index (χ4v) is 1.22. The molecular formula is C10H22N2O2. The van der Waals surface area contributed by atoms with Gasteiger partial charge >= 0.3 is 0 Å². The molecule has 0 amide bonds. The van der Waals surface area contributed by atoms with Gasteiger partial charge in [0.05, 0.1) is 14.2 Å². The van der Waals surface area contributed by atoms with E-state index < -0.39 is 0 Å². The highest BCUT2D eigenvalue weighted by Gasteiger charge is 1.95. The second-order valence-corrected chi connectivity index (χ2v) is 3.18. The summed E-state index contributed by atoms with van der Waals surface area (Å²) in [6.07, 6.45) is 11.6. The normalized spacial score (nSPS) is 16.5. The highest BCUT2D eigenvalue weighted by atomic mass is 16.9. The summed E-state index contributed by atoms with van der Waals surface area (Å²) in [6, 6.07) is 0. The molecule has 0 unspecified atom stereocenters. The van der Waals surface area contributed by atoms with E-state index in [2.05, 4.69) is 9.68 Å². The van der Waals surface area contributed by atoms with Gasteiger partial charge in [-0.05, 0) is 5.23 Å². The van der Waals surface area contributed by atoms with E-state index in [1.807, 2.05) is 0 Å². The molecule has 0 aromatic rings. The Labute approximate surface area is 86.6 Å². The molecule has 1 fully saturated rings. The first-order chi connectivity index (χ1) is 6.81. The summed E-state index contributed by atoms with van der Waals surface area (Å²) in [7, 11) is 3.10. The maximum atomic E-state index is 4.94. The van der Waals surface area contributed by atoms with E-state index in [0.29, 0.717) is 0 Å². The third-order valence-corrected chi connectivity index (χ3v) is 2.04. The van der Waals surface area contributed by atoms with Crippen LogP contribution in [0.3, 0.4) is 0 Å². The van der Waals surface area contributed by atoms with Crippen molar-refractivity contribution in [2.24, 2.45) is 5.73 Å². The molecule has 2 N–H and O–H groups in total. The molecule has 1 saturated carbocycles. The van der Waals surface area contributed by atoms with Crippen molar-refractivity contribution >= 4 is 0 Å². The summed E-state index contributed by atoms with van der Waals surface area (Å²) in [6.45, 7) is 0. The Bertz CT molecular complexity index is 125. The average molecular weight is 202 g/mol. The standard InChI is InChI=1S/C6H12.C4H10N2O2/c1-2-4-6-5-3-1;1-6(7-2)8-4-3-5/h1-6H2;3-4H,5H2,1-2H3. The molecule has 0 aromatic carbocycles. The lowest BCUT2D eigenvalue weighted by atomic mass is 10.0. The lowest BCUT2D eigenvalue weighted by molar-refractivity contribution is -0.310. The number of hydroxylamine groups is 2. The molecule has 14 heavy (non-hydrogen) atoms. The van der Waals surface area contributed by atoms with Crippen molar-refractivity contribution in [2.75, 3.05) is 14.2 Å². The van der Waals surface area contributed by atoms with Gasteiger partial charge in [0.25, 0.3) is 0 Å². The summed E-state index contributed by atoms with van der Waals surface area (Å²) in [4.78, 5) is 9.20. The highest BCUT2D eigenvalue weighted by molar-refractivity contribution is 4.60. The third kappa shape index (κ3) is 9.35. The minimum absolute atomic E-state index is 1.17. The first kappa shape index (κ1) is 13.3. The van der Waals surface area contributed by atoms with Crippen LogP contribution in [0.1, 0.15) is 38.5 Å². The summed E-state index contributed by atoms with van der Waals surface area (Å²) in [5, 5.41) is 1.17. The smallest absolute Gasteiger partial charge is 0.130 e. The molecule has 0 aliphatic heterocycles. The van der Waals surface area contributed by atoms with Gasteiger partial charge in [0.2, 0.25) is 0 Å². The minimum atomic E-state index is 1.17. The van der Waals surface area contributed by atoms with Crippen LogP contribution in [0.2, 0.25) is 0 Å². The van der Waals surface area contributed by atoms with Crippen LogP contribution in [0.5, 0.6) is 0 Å². The van der Waals surface area contributed by atoms with Crippen molar-refractivity contribution in [3.63, 3.8) is 0 Å². The Morgan fingerprint density at radius 3 is 1.79 bits per heavy atom. The van der Waals surface area contributed by atoms with Gasteiger partial charge in [-0.25, -0.2) is 0 Å². The molecule has 1 rings (SSSR count). The van der Waals surface area contributed by atoms with Crippen LogP contribution in [-0.2, 0) is 9.68 Å². The second-order valence-electron chi connectivity index (χ2n) is 3.18. The Balaban J connectivity index is 0.000000249. The van der Waals surface area contributed by atoms with E-state index in [0.717, 1.165) is 0 Å². The molecule has 0 aromatic heterocycles. The zero-order valence-corrected chi connectivity index (χ0v) is 9.24. The van der Waals surface area contributed by atoms with Gasteiger partial charge in [-0.1, -0.05) is 38.5 Å². The molecular weight excluding hydrogens is 180 g/mol. The summed E-state index contributed by atoms with van der Waals surface area (Å²) < 4.78 is 0. The average Bonchev–Trinajstić information content (AvgIpc) is 2.29. The lowest BCUT2D eigenvalue weighted by Gasteiger charge is -2.08. The molecule has 84 valence electrons. The molecule has 0 bridgehead atoms.